The van der Waals surface area contributed by atoms with Crippen molar-refractivity contribution in [2.45, 2.75) is 57.6 Å². The van der Waals surface area contributed by atoms with E-state index in [-0.39, 0.29) is 29.0 Å². The smallest absolute Gasteiger partial charge is 0.254 e. The number of pyridine rings is 1. The van der Waals surface area contributed by atoms with Crippen LogP contribution >= 0.6 is 0 Å². The van der Waals surface area contributed by atoms with Crippen molar-refractivity contribution in [1.29, 1.82) is 0 Å². The highest BCUT2D eigenvalue weighted by atomic mass is 16.5. The zero-order valence-corrected chi connectivity index (χ0v) is 15.0. The second-order valence-electron chi connectivity index (χ2n) is 7.27. The topological polar surface area (TPSA) is 51.5 Å². The number of hydrogen-bond acceptors (Lipinski definition) is 3. The first-order valence-corrected chi connectivity index (χ1v) is 9.05. The van der Waals surface area contributed by atoms with E-state index in [1.165, 1.54) is 29.9 Å². The molecule has 0 aliphatic heterocycles. The highest BCUT2D eigenvalue weighted by molar-refractivity contribution is 5.94. The molecule has 3 rings (SSSR count). The summed E-state index contributed by atoms with van der Waals surface area (Å²) in [6.07, 6.45) is 8.81. The second kappa shape index (κ2) is 6.71. The lowest BCUT2D eigenvalue weighted by atomic mass is 9.54. The Hall–Kier alpha value is -1.62. The summed E-state index contributed by atoms with van der Waals surface area (Å²) in [5.41, 5.74) is 0.437. The van der Waals surface area contributed by atoms with Gasteiger partial charge in [-0.25, -0.2) is 0 Å². The number of aryl methyl sites for hydroxylation is 1. The molecule has 5 nitrogen and oxygen atoms in total. The van der Waals surface area contributed by atoms with Gasteiger partial charge in [-0.2, -0.15) is 0 Å². The van der Waals surface area contributed by atoms with Crippen molar-refractivity contribution < 1.29 is 9.53 Å². The Kier molecular flexibility index (Phi) is 4.81. The van der Waals surface area contributed by atoms with E-state index in [0.29, 0.717) is 5.56 Å². The fourth-order valence-electron chi connectivity index (χ4n) is 4.60. The first-order chi connectivity index (χ1) is 11.5. The zero-order chi connectivity index (χ0) is 17.3. The number of nitrogens with zero attached hydrogens (tertiary/aromatic N) is 2. The predicted molar refractivity (Wildman–Crippen MR) is 93.1 cm³/mol. The summed E-state index contributed by atoms with van der Waals surface area (Å²) in [6, 6.07) is 3.38. The van der Waals surface area contributed by atoms with Gasteiger partial charge >= 0.3 is 0 Å². The monoisotopic (exact) mass is 332 g/mol. The molecule has 1 spiro atoms. The maximum Gasteiger partial charge on any atom is 0.254 e. The summed E-state index contributed by atoms with van der Waals surface area (Å²) < 4.78 is 7.46. The van der Waals surface area contributed by atoms with Crippen LogP contribution in [0.25, 0.3) is 0 Å². The van der Waals surface area contributed by atoms with E-state index in [0.717, 1.165) is 25.9 Å². The minimum Gasteiger partial charge on any atom is -0.378 e. The molecule has 2 saturated carbocycles. The molecule has 1 aromatic rings. The van der Waals surface area contributed by atoms with Crippen molar-refractivity contribution in [3.05, 3.63) is 34.2 Å². The number of carbonyl (C=O) groups excluding carboxylic acids is 1. The average Bonchev–Trinajstić information content (AvgIpc) is 2.60. The SMILES string of the molecule is CCOC1CC(N(C)C(=O)c2ccn(C)c(=O)c2)C12CCCCC2. The van der Waals surface area contributed by atoms with Gasteiger partial charge in [0.25, 0.3) is 11.5 Å². The number of rotatable bonds is 4. The molecule has 1 aromatic heterocycles. The Morgan fingerprint density at radius 2 is 2.08 bits per heavy atom. The maximum atomic E-state index is 12.9. The average molecular weight is 332 g/mol. The van der Waals surface area contributed by atoms with E-state index >= 15 is 0 Å². The van der Waals surface area contributed by atoms with Crippen LogP contribution in [0.3, 0.4) is 0 Å². The number of amides is 1. The fourth-order valence-corrected chi connectivity index (χ4v) is 4.60. The quantitative estimate of drug-likeness (QED) is 0.851. The molecule has 0 radical (unpaired) electrons. The highest BCUT2D eigenvalue weighted by Crippen LogP contribution is 2.55. The van der Waals surface area contributed by atoms with Gasteiger partial charge in [-0.3, -0.25) is 9.59 Å². The molecule has 132 valence electrons. The predicted octanol–water partition coefficient (Wildman–Crippen LogP) is 2.59. The molecular weight excluding hydrogens is 304 g/mol. The van der Waals surface area contributed by atoms with Gasteiger partial charge in [-0.15, -0.1) is 0 Å². The van der Waals surface area contributed by atoms with Crippen LogP contribution in [0.15, 0.2) is 23.1 Å². The summed E-state index contributed by atoms with van der Waals surface area (Å²) in [6.45, 7) is 2.77. The van der Waals surface area contributed by atoms with Crippen LogP contribution in [0.5, 0.6) is 0 Å². The summed E-state index contributed by atoms with van der Waals surface area (Å²) in [5.74, 6) is -0.0578. The van der Waals surface area contributed by atoms with E-state index in [1.54, 1.807) is 19.3 Å². The molecule has 2 unspecified atom stereocenters. The van der Waals surface area contributed by atoms with E-state index in [4.69, 9.17) is 4.74 Å². The third-order valence-corrected chi connectivity index (χ3v) is 6.03. The van der Waals surface area contributed by atoms with Gasteiger partial charge in [0.05, 0.1) is 6.10 Å². The first-order valence-electron chi connectivity index (χ1n) is 9.05. The van der Waals surface area contributed by atoms with Gasteiger partial charge in [0.1, 0.15) is 0 Å². The van der Waals surface area contributed by atoms with Crippen LogP contribution in [0.4, 0.5) is 0 Å². The lowest BCUT2D eigenvalue weighted by molar-refractivity contribution is -0.170. The van der Waals surface area contributed by atoms with E-state index in [1.807, 2.05) is 18.9 Å². The van der Waals surface area contributed by atoms with Crippen molar-refractivity contribution >= 4 is 5.91 Å². The highest BCUT2D eigenvalue weighted by Gasteiger charge is 2.57. The molecule has 2 atom stereocenters. The Morgan fingerprint density at radius 3 is 2.71 bits per heavy atom. The van der Waals surface area contributed by atoms with Crippen molar-refractivity contribution in [3.8, 4) is 0 Å². The van der Waals surface area contributed by atoms with E-state index < -0.39 is 0 Å². The van der Waals surface area contributed by atoms with E-state index in [2.05, 4.69) is 0 Å². The van der Waals surface area contributed by atoms with Crippen LogP contribution < -0.4 is 5.56 Å². The fraction of sp³-hybridized carbons (Fsp3) is 0.684. The third kappa shape index (κ3) is 2.79. The van der Waals surface area contributed by atoms with Crippen molar-refractivity contribution in [3.63, 3.8) is 0 Å². The lowest BCUT2D eigenvalue weighted by Crippen LogP contribution is -2.65. The number of hydrogen-bond donors (Lipinski definition) is 0. The molecule has 0 saturated heterocycles. The molecule has 2 fully saturated rings. The summed E-state index contributed by atoms with van der Waals surface area (Å²) in [5, 5.41) is 0. The van der Waals surface area contributed by atoms with Gasteiger partial charge in [-0.05, 0) is 32.3 Å². The van der Waals surface area contributed by atoms with Crippen LogP contribution in [-0.2, 0) is 11.8 Å². The van der Waals surface area contributed by atoms with Gasteiger partial charge in [-0.1, -0.05) is 19.3 Å². The second-order valence-corrected chi connectivity index (χ2v) is 7.27. The lowest BCUT2D eigenvalue weighted by Gasteiger charge is -2.60. The standard InChI is InChI=1S/C19H28N2O3/c1-4-24-16-13-15(19(16)9-6-5-7-10-19)21(3)18(23)14-8-11-20(2)17(22)12-14/h8,11-12,15-16H,4-7,9-10,13H2,1-3H3. The van der Waals surface area contributed by atoms with Gasteiger partial charge in [0.15, 0.2) is 0 Å². The van der Waals surface area contributed by atoms with Crippen molar-refractivity contribution in [2.75, 3.05) is 13.7 Å². The van der Waals surface area contributed by atoms with E-state index in [9.17, 15) is 9.59 Å². The molecule has 1 amide bonds. The number of aromatic nitrogens is 1. The molecule has 1 heterocycles. The molecular formula is C19H28N2O3. The van der Waals surface area contributed by atoms with Crippen LogP contribution in [0.2, 0.25) is 0 Å². The maximum absolute atomic E-state index is 12.9. The third-order valence-electron chi connectivity index (χ3n) is 6.03. The summed E-state index contributed by atoms with van der Waals surface area (Å²) in [7, 11) is 3.57. The summed E-state index contributed by atoms with van der Waals surface area (Å²) >= 11 is 0. The van der Waals surface area contributed by atoms with Crippen molar-refractivity contribution in [1.82, 2.24) is 9.47 Å². The zero-order valence-electron chi connectivity index (χ0n) is 15.0. The van der Waals surface area contributed by atoms with Crippen LogP contribution in [-0.4, -0.2) is 41.2 Å². The molecule has 0 aromatic carbocycles. The Labute approximate surface area is 143 Å². The number of carbonyl (C=O) groups is 1. The number of ether oxygens (including phenoxy) is 1. The van der Waals surface area contributed by atoms with Gasteiger partial charge < -0.3 is 14.2 Å². The molecule has 24 heavy (non-hydrogen) atoms. The minimum atomic E-state index is -0.151. The molecule has 0 bridgehead atoms. The van der Waals surface area contributed by atoms with Crippen LogP contribution in [0, 0.1) is 5.41 Å². The van der Waals surface area contributed by atoms with Crippen molar-refractivity contribution in [2.24, 2.45) is 12.5 Å². The Morgan fingerprint density at radius 1 is 1.38 bits per heavy atom. The molecule has 5 heteroatoms. The van der Waals surface area contributed by atoms with Gasteiger partial charge in [0, 0.05) is 50.0 Å². The largest absolute Gasteiger partial charge is 0.378 e. The van der Waals surface area contributed by atoms with Gasteiger partial charge in [0.2, 0.25) is 0 Å². The minimum absolute atomic E-state index is 0.0578. The summed E-state index contributed by atoms with van der Waals surface area (Å²) in [4.78, 5) is 26.6. The Balaban J connectivity index is 1.80. The Bertz CT molecular complexity index is 661. The molecule has 2 aliphatic carbocycles. The first kappa shape index (κ1) is 17.2. The van der Waals surface area contributed by atoms with Crippen LogP contribution in [0.1, 0.15) is 55.8 Å². The molecule has 0 N–H and O–H groups in total. The normalized spacial score (nSPS) is 25.3. The molecule has 2 aliphatic rings.